The molecule has 0 radical (unpaired) electrons. The van der Waals surface area contributed by atoms with E-state index in [4.69, 9.17) is 24.7 Å². The molecular formula is C21H22N4O4S. The van der Waals surface area contributed by atoms with E-state index in [2.05, 4.69) is 15.3 Å². The summed E-state index contributed by atoms with van der Waals surface area (Å²) in [5, 5.41) is 3.84. The molecule has 0 spiro atoms. The minimum atomic E-state index is -0.0470. The standard InChI is InChI=1S/C21H22N4O4S/c1-26-15-9-13(10-16(27-2)17(15)28-3)23-21-25-19(22)18(30-21)20-24-14(11-29-20)12-7-5-4-6-8-12/h4-10,14H,11,22H2,1-3H3,(H,23,25). The van der Waals surface area contributed by atoms with Gasteiger partial charge in [-0.15, -0.1) is 0 Å². The Hall–Kier alpha value is -3.46. The van der Waals surface area contributed by atoms with E-state index in [1.165, 1.54) is 11.3 Å². The van der Waals surface area contributed by atoms with E-state index >= 15 is 0 Å². The summed E-state index contributed by atoms with van der Waals surface area (Å²) in [4.78, 5) is 9.80. The third-order valence-electron chi connectivity index (χ3n) is 4.60. The first-order chi connectivity index (χ1) is 14.6. The highest BCUT2D eigenvalue weighted by molar-refractivity contribution is 7.18. The number of hydrogen-bond acceptors (Lipinski definition) is 9. The smallest absolute Gasteiger partial charge is 0.231 e. The monoisotopic (exact) mass is 426 g/mol. The molecule has 0 bridgehead atoms. The Morgan fingerprint density at radius 3 is 2.40 bits per heavy atom. The van der Waals surface area contributed by atoms with Crippen molar-refractivity contribution in [3.8, 4) is 17.2 Å². The van der Waals surface area contributed by atoms with Crippen LogP contribution in [0, 0.1) is 0 Å². The van der Waals surface area contributed by atoms with Gasteiger partial charge in [0.25, 0.3) is 0 Å². The van der Waals surface area contributed by atoms with Crippen LogP contribution in [0.1, 0.15) is 16.5 Å². The maximum Gasteiger partial charge on any atom is 0.231 e. The summed E-state index contributed by atoms with van der Waals surface area (Å²) in [5.41, 5.74) is 7.97. The molecule has 2 aromatic carbocycles. The summed E-state index contributed by atoms with van der Waals surface area (Å²) in [6, 6.07) is 13.6. The van der Waals surface area contributed by atoms with Gasteiger partial charge in [-0.25, -0.2) is 9.98 Å². The van der Waals surface area contributed by atoms with Gasteiger partial charge in [-0.2, -0.15) is 0 Å². The maximum absolute atomic E-state index is 6.15. The minimum Gasteiger partial charge on any atom is -0.493 e. The van der Waals surface area contributed by atoms with Gasteiger partial charge in [0.1, 0.15) is 23.3 Å². The largest absolute Gasteiger partial charge is 0.493 e. The van der Waals surface area contributed by atoms with Gasteiger partial charge in [0.2, 0.25) is 11.6 Å². The van der Waals surface area contributed by atoms with Crippen LogP contribution in [0.5, 0.6) is 17.2 Å². The van der Waals surface area contributed by atoms with Crippen molar-refractivity contribution in [1.82, 2.24) is 4.98 Å². The zero-order valence-corrected chi connectivity index (χ0v) is 17.7. The Balaban J connectivity index is 1.58. The zero-order chi connectivity index (χ0) is 21.1. The Morgan fingerprint density at radius 1 is 1.07 bits per heavy atom. The number of nitrogens with two attached hydrogens (primary N) is 1. The lowest BCUT2D eigenvalue weighted by Gasteiger charge is -2.14. The molecule has 30 heavy (non-hydrogen) atoms. The highest BCUT2D eigenvalue weighted by Crippen LogP contribution is 2.41. The van der Waals surface area contributed by atoms with Crippen LogP contribution in [-0.4, -0.2) is 38.8 Å². The molecule has 2 heterocycles. The number of nitrogens with one attached hydrogen (secondary N) is 1. The minimum absolute atomic E-state index is 0.0470. The van der Waals surface area contributed by atoms with Gasteiger partial charge in [-0.1, -0.05) is 41.7 Å². The molecule has 1 aliphatic rings. The number of benzene rings is 2. The topological polar surface area (TPSA) is 100 Å². The Morgan fingerprint density at radius 2 is 1.77 bits per heavy atom. The fourth-order valence-electron chi connectivity index (χ4n) is 3.16. The number of anilines is 3. The number of rotatable bonds is 7. The van der Waals surface area contributed by atoms with Gasteiger partial charge in [0.05, 0.1) is 21.3 Å². The van der Waals surface area contributed by atoms with Crippen molar-refractivity contribution in [1.29, 1.82) is 0 Å². The second-order valence-electron chi connectivity index (χ2n) is 6.44. The molecule has 0 saturated heterocycles. The third kappa shape index (κ3) is 3.84. The number of nitrogen functional groups attached to an aromatic ring is 1. The van der Waals surface area contributed by atoms with Crippen molar-refractivity contribution >= 4 is 33.9 Å². The van der Waals surface area contributed by atoms with Crippen molar-refractivity contribution in [2.45, 2.75) is 6.04 Å². The van der Waals surface area contributed by atoms with E-state index in [1.54, 1.807) is 33.5 Å². The summed E-state index contributed by atoms with van der Waals surface area (Å²) < 4.78 is 22.0. The molecule has 0 aliphatic carbocycles. The van der Waals surface area contributed by atoms with Crippen LogP contribution in [0.2, 0.25) is 0 Å². The first-order valence-electron chi connectivity index (χ1n) is 9.22. The van der Waals surface area contributed by atoms with Crippen LogP contribution in [0.4, 0.5) is 16.6 Å². The number of methoxy groups -OCH3 is 3. The van der Waals surface area contributed by atoms with Gasteiger partial charge < -0.3 is 30.0 Å². The van der Waals surface area contributed by atoms with Gasteiger partial charge in [-0.05, 0) is 5.56 Å². The number of aliphatic imine (C=N–C) groups is 1. The van der Waals surface area contributed by atoms with Crippen LogP contribution in [0.15, 0.2) is 47.5 Å². The summed E-state index contributed by atoms with van der Waals surface area (Å²) >= 11 is 1.37. The summed E-state index contributed by atoms with van der Waals surface area (Å²) in [6.45, 7) is 0.478. The lowest BCUT2D eigenvalue weighted by Crippen LogP contribution is -2.02. The second-order valence-corrected chi connectivity index (χ2v) is 7.44. The lowest BCUT2D eigenvalue weighted by atomic mass is 10.1. The van der Waals surface area contributed by atoms with Crippen LogP contribution in [0.25, 0.3) is 0 Å². The number of aromatic nitrogens is 1. The molecular weight excluding hydrogens is 404 g/mol. The first kappa shape index (κ1) is 19.8. The molecule has 8 nitrogen and oxygen atoms in total. The SMILES string of the molecule is COc1cc(Nc2nc(N)c(C3=NC(c4ccccc4)CO3)s2)cc(OC)c1OC. The van der Waals surface area contributed by atoms with E-state index in [-0.39, 0.29) is 6.04 Å². The van der Waals surface area contributed by atoms with E-state index in [9.17, 15) is 0 Å². The van der Waals surface area contributed by atoms with Crippen molar-refractivity contribution in [2.24, 2.45) is 4.99 Å². The molecule has 0 saturated carbocycles. The number of thiazole rings is 1. The molecule has 156 valence electrons. The van der Waals surface area contributed by atoms with Crippen molar-refractivity contribution < 1.29 is 18.9 Å². The Bertz CT molecular complexity index is 1040. The Labute approximate surface area is 178 Å². The molecule has 3 N–H and O–H groups in total. The van der Waals surface area contributed by atoms with Gasteiger partial charge >= 0.3 is 0 Å². The first-order valence-corrected chi connectivity index (χ1v) is 10.0. The second kappa shape index (κ2) is 8.50. The van der Waals surface area contributed by atoms with E-state index in [0.29, 0.717) is 45.6 Å². The highest BCUT2D eigenvalue weighted by atomic mass is 32.1. The molecule has 0 fully saturated rings. The van der Waals surface area contributed by atoms with Crippen molar-refractivity contribution in [3.63, 3.8) is 0 Å². The molecule has 4 rings (SSSR count). The molecule has 1 unspecified atom stereocenters. The highest BCUT2D eigenvalue weighted by Gasteiger charge is 2.25. The molecule has 1 aliphatic heterocycles. The summed E-state index contributed by atoms with van der Waals surface area (Å²) in [6.07, 6.45) is 0. The predicted molar refractivity (Wildman–Crippen MR) is 118 cm³/mol. The Kier molecular flexibility index (Phi) is 5.62. The average Bonchev–Trinajstić information content (AvgIpc) is 3.40. The number of ether oxygens (including phenoxy) is 4. The third-order valence-corrected chi connectivity index (χ3v) is 5.57. The van der Waals surface area contributed by atoms with Gasteiger partial charge in [0.15, 0.2) is 16.6 Å². The number of hydrogen-bond donors (Lipinski definition) is 2. The quantitative estimate of drug-likeness (QED) is 0.589. The number of nitrogens with zero attached hydrogens (tertiary/aromatic N) is 2. The van der Waals surface area contributed by atoms with Crippen LogP contribution >= 0.6 is 11.3 Å². The maximum atomic E-state index is 6.15. The van der Waals surface area contributed by atoms with Crippen molar-refractivity contribution in [3.05, 3.63) is 52.9 Å². The predicted octanol–water partition coefficient (Wildman–Crippen LogP) is 4.01. The van der Waals surface area contributed by atoms with E-state index < -0.39 is 0 Å². The average molecular weight is 426 g/mol. The van der Waals surface area contributed by atoms with E-state index in [0.717, 1.165) is 11.3 Å². The lowest BCUT2D eigenvalue weighted by molar-refractivity contribution is 0.320. The normalized spacial score (nSPS) is 15.3. The van der Waals surface area contributed by atoms with Gasteiger partial charge in [0, 0.05) is 17.8 Å². The van der Waals surface area contributed by atoms with Crippen LogP contribution in [-0.2, 0) is 4.74 Å². The van der Waals surface area contributed by atoms with Crippen molar-refractivity contribution in [2.75, 3.05) is 39.0 Å². The summed E-state index contributed by atoms with van der Waals surface area (Å²) in [7, 11) is 4.70. The zero-order valence-electron chi connectivity index (χ0n) is 16.8. The van der Waals surface area contributed by atoms with Crippen LogP contribution < -0.4 is 25.3 Å². The molecule has 3 aromatic rings. The summed E-state index contributed by atoms with van der Waals surface area (Å²) in [5.74, 6) is 2.47. The molecule has 0 amide bonds. The fourth-order valence-corrected chi connectivity index (χ4v) is 4.01. The van der Waals surface area contributed by atoms with Crippen LogP contribution in [0.3, 0.4) is 0 Å². The van der Waals surface area contributed by atoms with Gasteiger partial charge in [-0.3, -0.25) is 0 Å². The van der Waals surface area contributed by atoms with E-state index in [1.807, 2.05) is 30.3 Å². The molecule has 9 heteroatoms. The fraction of sp³-hybridized carbons (Fsp3) is 0.238. The molecule has 1 aromatic heterocycles. The molecule has 1 atom stereocenters.